The summed E-state index contributed by atoms with van der Waals surface area (Å²) in [6.07, 6.45) is 2.38. The smallest absolute Gasteiger partial charge is 0.259 e. The summed E-state index contributed by atoms with van der Waals surface area (Å²) in [7, 11) is 0. The second-order valence-electron chi connectivity index (χ2n) is 9.00. The molecule has 0 radical (unpaired) electrons. The summed E-state index contributed by atoms with van der Waals surface area (Å²) in [5.74, 6) is 0.694. The van der Waals surface area contributed by atoms with Gasteiger partial charge in [0.15, 0.2) is 0 Å². The quantitative estimate of drug-likeness (QED) is 0.439. The van der Waals surface area contributed by atoms with Gasteiger partial charge in [-0.25, -0.2) is 4.98 Å². The molecule has 5 rings (SSSR count). The Hall–Kier alpha value is -3.77. The molecule has 0 spiro atoms. The number of nitrogens with zero attached hydrogens (tertiary/aromatic N) is 5. The predicted octanol–water partition coefficient (Wildman–Crippen LogP) is 4.72. The Morgan fingerprint density at radius 3 is 2.41 bits per heavy atom. The highest BCUT2D eigenvalue weighted by Crippen LogP contribution is 2.30. The first-order valence-corrected chi connectivity index (χ1v) is 11.6. The monoisotopic (exact) mass is 451 g/mol. The zero-order valence-electron chi connectivity index (χ0n) is 19.9. The van der Waals surface area contributed by atoms with E-state index in [4.69, 9.17) is 4.98 Å². The number of fused-ring (bicyclic) bond motifs is 1. The lowest BCUT2D eigenvalue weighted by Gasteiger charge is -2.38. The molecular formula is C28H29N5O. The molecule has 34 heavy (non-hydrogen) atoms. The van der Waals surface area contributed by atoms with Gasteiger partial charge in [-0.05, 0) is 61.7 Å². The van der Waals surface area contributed by atoms with Crippen molar-refractivity contribution >= 4 is 11.6 Å². The Morgan fingerprint density at radius 1 is 0.882 bits per heavy atom. The van der Waals surface area contributed by atoms with E-state index in [2.05, 4.69) is 59.0 Å². The number of aryl methyl sites for hydroxylation is 3. The van der Waals surface area contributed by atoms with Gasteiger partial charge >= 0.3 is 0 Å². The van der Waals surface area contributed by atoms with Crippen LogP contribution in [0, 0.1) is 20.8 Å². The van der Waals surface area contributed by atoms with Crippen molar-refractivity contribution in [3.8, 4) is 0 Å². The molecule has 2 aromatic heterocycles. The fraction of sp³-hybridized carbons (Fsp3) is 0.250. The maximum absolute atomic E-state index is 13.8. The summed E-state index contributed by atoms with van der Waals surface area (Å²) < 4.78 is 1.81. The molecule has 2 aromatic carbocycles. The van der Waals surface area contributed by atoms with Gasteiger partial charge < -0.3 is 0 Å². The van der Waals surface area contributed by atoms with Gasteiger partial charge in [0.25, 0.3) is 5.56 Å². The van der Waals surface area contributed by atoms with Crippen LogP contribution in [0.4, 0.5) is 11.6 Å². The topological polar surface area (TPSA) is 54.3 Å². The van der Waals surface area contributed by atoms with Crippen LogP contribution >= 0.6 is 0 Å². The highest BCUT2D eigenvalue weighted by atomic mass is 16.1. The fourth-order valence-electron chi connectivity index (χ4n) is 4.44. The number of anilines is 2. The van der Waals surface area contributed by atoms with Crippen LogP contribution < -0.4 is 10.5 Å². The molecule has 1 aliphatic heterocycles. The molecule has 0 saturated heterocycles. The first-order chi connectivity index (χ1) is 16.5. The highest BCUT2D eigenvalue weighted by Gasteiger charge is 2.28. The third kappa shape index (κ3) is 4.37. The van der Waals surface area contributed by atoms with Crippen LogP contribution in [0.1, 0.15) is 33.6 Å². The molecule has 4 aromatic rings. The van der Waals surface area contributed by atoms with Gasteiger partial charge in [0, 0.05) is 30.4 Å². The van der Waals surface area contributed by atoms with Crippen molar-refractivity contribution in [3.63, 3.8) is 0 Å². The zero-order chi connectivity index (χ0) is 23.7. The lowest BCUT2D eigenvalue weighted by atomic mass is 10.0. The normalized spacial score (nSPS) is 13.7. The largest absolute Gasteiger partial charge is 0.298 e. The summed E-state index contributed by atoms with van der Waals surface area (Å²) in [6.45, 7) is 7.92. The summed E-state index contributed by atoms with van der Waals surface area (Å²) in [5.41, 5.74) is 7.12. The van der Waals surface area contributed by atoms with Crippen molar-refractivity contribution in [2.24, 2.45) is 0 Å². The van der Waals surface area contributed by atoms with E-state index >= 15 is 0 Å². The molecular weight excluding hydrogens is 422 g/mol. The summed E-state index contributed by atoms with van der Waals surface area (Å²) in [5, 5.41) is 0. The van der Waals surface area contributed by atoms with E-state index in [0.717, 1.165) is 28.2 Å². The third-order valence-electron chi connectivity index (χ3n) is 6.51. The van der Waals surface area contributed by atoms with Gasteiger partial charge in [0.2, 0.25) is 5.95 Å². The van der Waals surface area contributed by atoms with E-state index in [1.807, 2.05) is 54.1 Å². The first-order valence-electron chi connectivity index (χ1n) is 11.6. The van der Waals surface area contributed by atoms with Crippen LogP contribution in [0.2, 0.25) is 0 Å². The molecule has 0 N–H and O–H groups in total. The first kappa shape index (κ1) is 22.0. The van der Waals surface area contributed by atoms with Crippen LogP contribution in [0.15, 0.2) is 77.7 Å². The van der Waals surface area contributed by atoms with Gasteiger partial charge in [-0.15, -0.1) is 0 Å². The molecule has 1 aliphatic rings. The molecule has 3 heterocycles. The Labute approximate surface area is 200 Å². The molecule has 0 fully saturated rings. The van der Waals surface area contributed by atoms with Crippen molar-refractivity contribution in [1.29, 1.82) is 0 Å². The number of hydrogen-bond donors (Lipinski definition) is 0. The number of hydrogen-bond acceptors (Lipinski definition) is 5. The van der Waals surface area contributed by atoms with Gasteiger partial charge in [0.1, 0.15) is 0 Å². The molecule has 0 unspecified atom stereocenters. The fourth-order valence-corrected chi connectivity index (χ4v) is 4.44. The Morgan fingerprint density at radius 2 is 1.68 bits per heavy atom. The van der Waals surface area contributed by atoms with Gasteiger partial charge in [-0.3, -0.25) is 24.1 Å². The van der Waals surface area contributed by atoms with Crippen molar-refractivity contribution in [2.75, 3.05) is 11.6 Å². The highest BCUT2D eigenvalue weighted by molar-refractivity contribution is 5.60. The van der Waals surface area contributed by atoms with Crippen molar-refractivity contribution in [2.45, 2.75) is 40.4 Å². The number of pyridine rings is 1. The van der Waals surface area contributed by atoms with Crippen LogP contribution in [0.5, 0.6) is 0 Å². The van der Waals surface area contributed by atoms with Crippen LogP contribution in [-0.2, 0) is 19.6 Å². The Balaban J connectivity index is 1.59. The van der Waals surface area contributed by atoms with E-state index < -0.39 is 0 Å². The Kier molecular flexibility index (Phi) is 5.99. The average molecular weight is 452 g/mol. The van der Waals surface area contributed by atoms with Crippen molar-refractivity contribution < 1.29 is 0 Å². The van der Waals surface area contributed by atoms with Crippen molar-refractivity contribution in [1.82, 2.24) is 19.4 Å². The average Bonchev–Trinajstić information content (AvgIpc) is 2.85. The summed E-state index contributed by atoms with van der Waals surface area (Å²) in [4.78, 5) is 27.6. The lowest BCUT2D eigenvalue weighted by molar-refractivity contribution is 0.187. The molecule has 0 saturated carbocycles. The van der Waals surface area contributed by atoms with E-state index in [1.54, 1.807) is 0 Å². The number of aromatic nitrogens is 3. The zero-order valence-corrected chi connectivity index (χ0v) is 19.9. The molecule has 0 bridgehead atoms. The Bertz CT molecular complexity index is 1370. The van der Waals surface area contributed by atoms with Crippen LogP contribution in [0.25, 0.3) is 0 Å². The molecule has 0 aliphatic carbocycles. The van der Waals surface area contributed by atoms with Gasteiger partial charge in [0.05, 0.1) is 24.7 Å². The third-order valence-corrected chi connectivity index (χ3v) is 6.51. The van der Waals surface area contributed by atoms with E-state index in [-0.39, 0.29) is 5.56 Å². The predicted molar refractivity (Wildman–Crippen MR) is 135 cm³/mol. The van der Waals surface area contributed by atoms with Crippen LogP contribution in [-0.4, -0.2) is 26.1 Å². The molecule has 0 amide bonds. The molecule has 6 nitrogen and oxygen atoms in total. The minimum atomic E-state index is 0.0194. The molecule has 0 atom stereocenters. The van der Waals surface area contributed by atoms with E-state index in [9.17, 15) is 4.79 Å². The van der Waals surface area contributed by atoms with Gasteiger partial charge in [-0.1, -0.05) is 42.5 Å². The van der Waals surface area contributed by atoms with Crippen LogP contribution in [0.3, 0.4) is 0 Å². The minimum Gasteiger partial charge on any atom is -0.298 e. The second-order valence-corrected chi connectivity index (χ2v) is 9.00. The maximum atomic E-state index is 13.8. The molecule has 6 heteroatoms. The van der Waals surface area contributed by atoms with Crippen molar-refractivity contribution in [3.05, 3.63) is 117 Å². The lowest BCUT2D eigenvalue weighted by Crippen LogP contribution is -2.47. The SMILES string of the molecule is Cc1ccc(N2CN(Cc3ccccn3)Cn3c2nc(C)c(Cc2ccccc2)c3=O)cc1C. The summed E-state index contributed by atoms with van der Waals surface area (Å²) in [6, 6.07) is 22.4. The maximum Gasteiger partial charge on any atom is 0.259 e. The molecule has 172 valence electrons. The minimum absolute atomic E-state index is 0.0194. The number of rotatable bonds is 5. The second kappa shape index (κ2) is 9.23. The van der Waals surface area contributed by atoms with E-state index in [1.165, 1.54) is 11.1 Å². The number of benzene rings is 2. The van der Waals surface area contributed by atoms with Gasteiger partial charge in [-0.2, -0.15) is 0 Å². The summed E-state index contributed by atoms with van der Waals surface area (Å²) >= 11 is 0. The standard InChI is InChI=1S/C28H29N5O/c1-20-12-13-25(15-21(20)2)32-18-31(17-24-11-7-8-14-29-24)19-33-27(34)26(22(3)30-28(32)33)16-23-9-5-4-6-10-23/h4-15H,16-19H2,1-3H3. The van der Waals surface area contributed by atoms with E-state index in [0.29, 0.717) is 32.3 Å².